The van der Waals surface area contributed by atoms with Crippen molar-refractivity contribution in [1.29, 1.82) is 0 Å². The highest BCUT2D eigenvalue weighted by molar-refractivity contribution is 5.92. The molecule has 3 aromatic heterocycles. The second-order valence-corrected chi connectivity index (χ2v) is 17.1. The predicted molar refractivity (Wildman–Crippen MR) is 192 cm³/mol. The van der Waals surface area contributed by atoms with E-state index in [0.29, 0.717) is 17.2 Å². The Morgan fingerprint density at radius 1 is 0.720 bits per heavy atom. The monoisotopic (exact) mass is 688 g/mol. The summed E-state index contributed by atoms with van der Waals surface area (Å²) in [5.41, 5.74) is 2.56. The predicted octanol–water partition coefficient (Wildman–Crippen LogP) is 6.34. The van der Waals surface area contributed by atoms with Gasteiger partial charge in [0.05, 0.1) is 35.9 Å². The maximum absolute atomic E-state index is 12.8. The quantitative estimate of drug-likeness (QED) is 0.281. The van der Waals surface area contributed by atoms with Crippen LogP contribution in [0.5, 0.6) is 0 Å². The molecule has 0 unspecified atom stereocenters. The van der Waals surface area contributed by atoms with Gasteiger partial charge in [-0.25, -0.2) is 19.6 Å². The standard InChI is InChI=1S/C21H29N5O2.C17H27N3O2/c1-20(2,3)28-18(27)16-14-24-26(17(16)21(4)8-9-21)15-6-12-25(13-7-15)19-22-10-5-11-23-19;1-16(2,3)22-15(21)13-11-19-20(12-5-9-18-10-6-12)14(13)17(4)7-8-17/h5,10-11,14-15H,6-9,12-13H2,1-4H3;11-12,18H,5-10H2,1-4H3. The summed E-state index contributed by atoms with van der Waals surface area (Å²) in [5, 5.41) is 12.6. The van der Waals surface area contributed by atoms with Gasteiger partial charge in [0, 0.05) is 36.3 Å². The van der Waals surface area contributed by atoms with Gasteiger partial charge in [0.2, 0.25) is 5.95 Å². The molecule has 0 amide bonds. The second-order valence-electron chi connectivity index (χ2n) is 17.1. The Morgan fingerprint density at radius 2 is 1.14 bits per heavy atom. The molecular formula is C38H56N8O4. The smallest absolute Gasteiger partial charge is 0.342 e. The molecular weight excluding hydrogens is 632 g/mol. The molecule has 0 radical (unpaired) electrons. The van der Waals surface area contributed by atoms with E-state index < -0.39 is 11.2 Å². The molecule has 2 aliphatic heterocycles. The molecule has 12 nitrogen and oxygen atoms in total. The molecule has 4 fully saturated rings. The van der Waals surface area contributed by atoms with Crippen LogP contribution in [0.1, 0.15) is 151 Å². The number of hydrogen-bond acceptors (Lipinski definition) is 10. The van der Waals surface area contributed by atoms with E-state index in [9.17, 15) is 9.59 Å². The fourth-order valence-corrected chi connectivity index (χ4v) is 7.11. The molecule has 0 atom stereocenters. The van der Waals surface area contributed by atoms with E-state index >= 15 is 0 Å². The second kappa shape index (κ2) is 13.7. The molecule has 2 saturated carbocycles. The Bertz CT molecular complexity index is 1650. The van der Waals surface area contributed by atoms with Gasteiger partial charge < -0.3 is 19.7 Å². The SMILES string of the molecule is CC(C)(C)OC(=O)c1cnn(C2CCN(c3ncccn3)CC2)c1C1(C)CC1.CC(C)(C)OC(=O)c1cnn(C2CCNCC2)c1C1(C)CC1. The van der Waals surface area contributed by atoms with Crippen LogP contribution in [0.25, 0.3) is 0 Å². The van der Waals surface area contributed by atoms with Gasteiger partial charge in [-0.15, -0.1) is 0 Å². The summed E-state index contributed by atoms with van der Waals surface area (Å²) >= 11 is 0. The molecule has 12 heteroatoms. The lowest BCUT2D eigenvalue weighted by molar-refractivity contribution is 0.00547. The lowest BCUT2D eigenvalue weighted by atomic mass is 9.98. The van der Waals surface area contributed by atoms with Gasteiger partial charge >= 0.3 is 11.9 Å². The highest BCUT2D eigenvalue weighted by Crippen LogP contribution is 2.51. The van der Waals surface area contributed by atoms with Crippen molar-refractivity contribution in [3.8, 4) is 0 Å². The lowest BCUT2D eigenvalue weighted by Gasteiger charge is -2.33. The van der Waals surface area contributed by atoms with E-state index in [1.54, 1.807) is 24.8 Å². The third-order valence-corrected chi connectivity index (χ3v) is 10.3. The van der Waals surface area contributed by atoms with Crippen LogP contribution in [-0.4, -0.2) is 78.8 Å². The first-order chi connectivity index (χ1) is 23.6. The highest BCUT2D eigenvalue weighted by atomic mass is 16.6. The van der Waals surface area contributed by atoms with Crippen molar-refractivity contribution in [2.45, 2.75) is 141 Å². The number of rotatable bonds is 7. The average molecular weight is 689 g/mol. The van der Waals surface area contributed by atoms with Gasteiger partial charge in [-0.2, -0.15) is 10.2 Å². The van der Waals surface area contributed by atoms with Crippen LogP contribution in [0.3, 0.4) is 0 Å². The Kier molecular flexibility index (Phi) is 9.89. The zero-order chi connectivity index (χ0) is 35.9. The molecule has 2 aliphatic carbocycles. The molecule has 5 heterocycles. The van der Waals surface area contributed by atoms with E-state index in [4.69, 9.17) is 9.47 Å². The normalized spacial score (nSPS) is 20.4. The maximum Gasteiger partial charge on any atom is 0.342 e. The number of carbonyl (C=O) groups excluding carboxylic acids is 2. The first kappa shape index (κ1) is 36.0. The number of ether oxygens (including phenoxy) is 2. The minimum atomic E-state index is -0.512. The van der Waals surface area contributed by atoms with Gasteiger partial charge in [-0.3, -0.25) is 9.36 Å². The third kappa shape index (κ3) is 8.22. The first-order valence-electron chi connectivity index (χ1n) is 18.4. The number of aromatic nitrogens is 6. The molecule has 2 saturated heterocycles. The average Bonchev–Trinajstić information content (AvgIpc) is 3.86. The number of hydrogen-bond donors (Lipinski definition) is 1. The summed E-state index contributed by atoms with van der Waals surface area (Å²) in [6, 6.07) is 2.51. The largest absolute Gasteiger partial charge is 0.456 e. The van der Waals surface area contributed by atoms with Crippen LogP contribution < -0.4 is 10.2 Å². The van der Waals surface area contributed by atoms with Crippen molar-refractivity contribution in [2.24, 2.45) is 0 Å². The number of carbonyl (C=O) groups is 2. The molecule has 0 spiro atoms. The van der Waals surface area contributed by atoms with Gasteiger partial charge in [0.25, 0.3) is 0 Å². The Hall–Kier alpha value is -3.80. The molecule has 7 rings (SSSR count). The van der Waals surface area contributed by atoms with Crippen molar-refractivity contribution in [2.75, 3.05) is 31.1 Å². The molecule has 1 N–H and O–H groups in total. The summed E-state index contributed by atoms with van der Waals surface area (Å²) in [6.07, 6.45) is 15.5. The highest BCUT2D eigenvalue weighted by Gasteiger charge is 2.47. The number of piperidine rings is 2. The number of nitrogens with zero attached hydrogens (tertiary/aromatic N) is 7. The van der Waals surface area contributed by atoms with Crippen molar-refractivity contribution >= 4 is 17.9 Å². The van der Waals surface area contributed by atoms with Crippen LogP contribution in [0.4, 0.5) is 5.95 Å². The van der Waals surface area contributed by atoms with Gasteiger partial charge in [-0.1, -0.05) is 13.8 Å². The summed E-state index contributed by atoms with van der Waals surface area (Å²) < 4.78 is 15.5. The van der Waals surface area contributed by atoms with Crippen molar-refractivity contribution < 1.29 is 19.1 Å². The van der Waals surface area contributed by atoms with E-state index in [-0.39, 0.29) is 28.8 Å². The van der Waals surface area contributed by atoms with Crippen LogP contribution in [0.15, 0.2) is 30.9 Å². The molecule has 272 valence electrons. The van der Waals surface area contributed by atoms with E-state index in [2.05, 4.69) is 53.6 Å². The number of nitrogens with one attached hydrogen (secondary N) is 1. The topological polar surface area (TPSA) is 129 Å². The minimum absolute atomic E-state index is 0.0302. The zero-order valence-electron chi connectivity index (χ0n) is 31.3. The Balaban J connectivity index is 0.000000178. The fourth-order valence-electron chi connectivity index (χ4n) is 7.11. The van der Waals surface area contributed by atoms with Crippen molar-refractivity contribution in [3.63, 3.8) is 0 Å². The lowest BCUT2D eigenvalue weighted by Crippen LogP contribution is -2.37. The van der Waals surface area contributed by atoms with Crippen molar-refractivity contribution in [3.05, 3.63) is 53.4 Å². The maximum atomic E-state index is 12.8. The minimum Gasteiger partial charge on any atom is -0.456 e. The summed E-state index contributed by atoms with van der Waals surface area (Å²) in [4.78, 5) is 36.3. The summed E-state index contributed by atoms with van der Waals surface area (Å²) in [7, 11) is 0. The van der Waals surface area contributed by atoms with Gasteiger partial charge in [0.1, 0.15) is 22.3 Å². The molecule has 50 heavy (non-hydrogen) atoms. The van der Waals surface area contributed by atoms with Crippen LogP contribution in [0, 0.1) is 0 Å². The van der Waals surface area contributed by atoms with Crippen molar-refractivity contribution in [1.82, 2.24) is 34.8 Å². The summed E-state index contributed by atoms with van der Waals surface area (Å²) in [5.74, 6) is 0.276. The Morgan fingerprint density at radius 3 is 1.54 bits per heavy atom. The fraction of sp³-hybridized carbons (Fsp3) is 0.684. The summed E-state index contributed by atoms with van der Waals surface area (Å²) in [6.45, 7) is 19.7. The Labute approximate surface area is 296 Å². The third-order valence-electron chi connectivity index (χ3n) is 10.3. The van der Waals surface area contributed by atoms with Crippen LogP contribution in [0.2, 0.25) is 0 Å². The van der Waals surface area contributed by atoms with Crippen LogP contribution in [-0.2, 0) is 20.3 Å². The molecule has 0 bridgehead atoms. The van der Waals surface area contributed by atoms with Crippen LogP contribution >= 0.6 is 0 Å². The van der Waals surface area contributed by atoms with E-state index in [0.717, 1.165) is 94.9 Å². The zero-order valence-corrected chi connectivity index (χ0v) is 31.3. The van der Waals surface area contributed by atoms with E-state index in [1.165, 1.54) is 0 Å². The first-order valence-corrected chi connectivity index (χ1v) is 18.4. The number of anilines is 1. The number of esters is 2. The molecule has 4 aliphatic rings. The van der Waals surface area contributed by atoms with Gasteiger partial charge in [0.15, 0.2) is 0 Å². The molecule has 0 aromatic carbocycles. The van der Waals surface area contributed by atoms with Gasteiger partial charge in [-0.05, 0) is 112 Å². The van der Waals surface area contributed by atoms with E-state index in [1.807, 2.05) is 47.6 Å². The molecule has 3 aromatic rings.